The highest BCUT2D eigenvalue weighted by molar-refractivity contribution is 5.84. The Morgan fingerprint density at radius 2 is 2.21 bits per heavy atom. The molecular formula is C11H20N2O. The van der Waals surface area contributed by atoms with Crippen LogP contribution in [0, 0.1) is 5.92 Å². The molecule has 1 amide bonds. The topological polar surface area (TPSA) is 32.3 Å². The molecule has 1 aliphatic heterocycles. The van der Waals surface area contributed by atoms with E-state index in [9.17, 15) is 4.79 Å². The first-order chi connectivity index (χ1) is 6.68. The largest absolute Gasteiger partial charge is 0.326 e. The van der Waals surface area contributed by atoms with Gasteiger partial charge >= 0.3 is 0 Å². The fourth-order valence-corrected chi connectivity index (χ4v) is 2.24. The van der Waals surface area contributed by atoms with Crippen molar-refractivity contribution in [1.82, 2.24) is 10.2 Å². The summed E-state index contributed by atoms with van der Waals surface area (Å²) in [5, 5.41) is 3.31. The lowest BCUT2D eigenvalue weighted by molar-refractivity contribution is -0.132. The number of hydrogen-bond acceptors (Lipinski definition) is 2. The zero-order valence-electron chi connectivity index (χ0n) is 9.12. The van der Waals surface area contributed by atoms with E-state index in [0.29, 0.717) is 17.9 Å². The molecule has 1 saturated heterocycles. The van der Waals surface area contributed by atoms with E-state index in [2.05, 4.69) is 19.2 Å². The van der Waals surface area contributed by atoms with Crippen LogP contribution in [0.3, 0.4) is 0 Å². The lowest BCUT2D eigenvalue weighted by atomic mass is 9.91. The van der Waals surface area contributed by atoms with Crippen LogP contribution in [0.4, 0.5) is 0 Å². The minimum Gasteiger partial charge on any atom is -0.326 e. The fourth-order valence-electron chi connectivity index (χ4n) is 2.24. The Morgan fingerprint density at radius 3 is 2.71 bits per heavy atom. The molecule has 0 bridgehead atoms. The third-order valence-electron chi connectivity index (χ3n) is 3.31. The van der Waals surface area contributed by atoms with E-state index in [0.717, 1.165) is 13.1 Å². The number of rotatable bonds is 3. The summed E-state index contributed by atoms with van der Waals surface area (Å²) in [6, 6.07) is 0.641. The summed E-state index contributed by atoms with van der Waals surface area (Å²) in [4.78, 5) is 14.0. The first kappa shape index (κ1) is 9.97. The Labute approximate surface area is 85.8 Å². The second-order valence-corrected chi connectivity index (χ2v) is 4.94. The van der Waals surface area contributed by atoms with E-state index < -0.39 is 0 Å². The molecule has 3 nitrogen and oxygen atoms in total. The molecule has 0 aromatic heterocycles. The van der Waals surface area contributed by atoms with Gasteiger partial charge in [0.15, 0.2) is 0 Å². The Kier molecular flexibility index (Phi) is 2.77. The van der Waals surface area contributed by atoms with Crippen LogP contribution in [0.15, 0.2) is 0 Å². The van der Waals surface area contributed by atoms with Crippen LogP contribution in [0.1, 0.15) is 39.5 Å². The van der Waals surface area contributed by atoms with Crippen molar-refractivity contribution < 1.29 is 4.79 Å². The molecule has 0 aromatic rings. The maximum Gasteiger partial charge on any atom is 0.241 e. The van der Waals surface area contributed by atoms with Gasteiger partial charge in [0.2, 0.25) is 5.91 Å². The maximum absolute atomic E-state index is 11.9. The summed E-state index contributed by atoms with van der Waals surface area (Å²) in [6.07, 6.45) is 4.69. The molecule has 3 heteroatoms. The molecule has 1 unspecified atom stereocenters. The summed E-state index contributed by atoms with van der Waals surface area (Å²) in [7, 11) is 0. The average molecular weight is 196 g/mol. The van der Waals surface area contributed by atoms with E-state index in [1.807, 2.05) is 4.90 Å². The Morgan fingerprint density at radius 1 is 1.50 bits per heavy atom. The van der Waals surface area contributed by atoms with Crippen LogP contribution in [0.25, 0.3) is 0 Å². The van der Waals surface area contributed by atoms with Crippen molar-refractivity contribution in [2.45, 2.75) is 51.6 Å². The van der Waals surface area contributed by atoms with Gasteiger partial charge in [-0.05, 0) is 31.6 Å². The normalized spacial score (nSPS) is 28.6. The first-order valence-corrected chi connectivity index (χ1v) is 5.72. The molecule has 0 aromatic carbocycles. The van der Waals surface area contributed by atoms with Gasteiger partial charge in [-0.15, -0.1) is 0 Å². The summed E-state index contributed by atoms with van der Waals surface area (Å²) in [5.41, 5.74) is 0. The molecule has 0 radical (unpaired) electrons. The van der Waals surface area contributed by atoms with Gasteiger partial charge < -0.3 is 4.90 Å². The van der Waals surface area contributed by atoms with Gasteiger partial charge in [0.05, 0.1) is 12.7 Å². The number of carbonyl (C=O) groups excluding carboxylic acids is 1. The summed E-state index contributed by atoms with van der Waals surface area (Å²) < 4.78 is 0. The third kappa shape index (κ3) is 1.78. The highest BCUT2D eigenvalue weighted by Gasteiger charge is 2.37. The van der Waals surface area contributed by atoms with Crippen molar-refractivity contribution in [2.75, 3.05) is 6.67 Å². The molecule has 2 aliphatic rings. The lowest BCUT2D eigenvalue weighted by Gasteiger charge is -2.34. The molecule has 1 saturated carbocycles. The van der Waals surface area contributed by atoms with Crippen LogP contribution in [0.2, 0.25) is 0 Å². The van der Waals surface area contributed by atoms with Crippen LogP contribution in [0.5, 0.6) is 0 Å². The van der Waals surface area contributed by atoms with Crippen molar-refractivity contribution in [3.63, 3.8) is 0 Å². The van der Waals surface area contributed by atoms with Gasteiger partial charge in [0, 0.05) is 6.04 Å². The van der Waals surface area contributed by atoms with Crippen LogP contribution >= 0.6 is 0 Å². The van der Waals surface area contributed by atoms with Crippen molar-refractivity contribution in [3.05, 3.63) is 0 Å². The van der Waals surface area contributed by atoms with E-state index in [1.165, 1.54) is 19.3 Å². The lowest BCUT2D eigenvalue weighted by Crippen LogP contribution is -2.42. The van der Waals surface area contributed by atoms with Gasteiger partial charge in [-0.2, -0.15) is 0 Å². The predicted octanol–water partition coefficient (Wildman–Crippen LogP) is 1.34. The Balaban J connectivity index is 1.89. The maximum atomic E-state index is 11.9. The monoisotopic (exact) mass is 196 g/mol. The zero-order chi connectivity index (χ0) is 10.1. The van der Waals surface area contributed by atoms with Crippen LogP contribution < -0.4 is 5.32 Å². The smallest absolute Gasteiger partial charge is 0.241 e. The molecule has 14 heavy (non-hydrogen) atoms. The molecule has 1 aliphatic carbocycles. The molecule has 1 heterocycles. The van der Waals surface area contributed by atoms with Crippen molar-refractivity contribution in [3.8, 4) is 0 Å². The molecule has 2 rings (SSSR count). The van der Waals surface area contributed by atoms with Crippen molar-refractivity contribution in [1.29, 1.82) is 0 Å². The molecule has 0 spiro atoms. The highest BCUT2D eigenvalue weighted by Crippen LogP contribution is 2.27. The van der Waals surface area contributed by atoms with E-state index >= 15 is 0 Å². The zero-order valence-corrected chi connectivity index (χ0v) is 9.12. The second kappa shape index (κ2) is 3.89. The molecular weight excluding hydrogens is 176 g/mol. The van der Waals surface area contributed by atoms with E-state index in [1.54, 1.807) is 0 Å². The minimum atomic E-state index is 0.0931. The number of hydrogen-bond donors (Lipinski definition) is 1. The predicted molar refractivity (Wildman–Crippen MR) is 55.7 cm³/mol. The second-order valence-electron chi connectivity index (χ2n) is 4.94. The minimum absolute atomic E-state index is 0.0931. The third-order valence-corrected chi connectivity index (χ3v) is 3.31. The number of nitrogens with zero attached hydrogens (tertiary/aromatic N) is 1. The van der Waals surface area contributed by atoms with E-state index in [4.69, 9.17) is 0 Å². The standard InChI is InChI=1S/C11H20N2O/c1-8(2)6-10-11(14)13(7-12-10)9-4-3-5-9/h8-10,12H,3-7H2,1-2H3. The van der Waals surface area contributed by atoms with Crippen LogP contribution in [-0.4, -0.2) is 29.6 Å². The fraction of sp³-hybridized carbons (Fsp3) is 0.909. The summed E-state index contributed by atoms with van der Waals surface area (Å²) in [6.45, 7) is 5.11. The van der Waals surface area contributed by atoms with Gasteiger partial charge in [-0.1, -0.05) is 13.8 Å². The molecule has 1 N–H and O–H groups in total. The number of nitrogens with one attached hydrogen (secondary N) is 1. The SMILES string of the molecule is CC(C)CC1NCN(C2CCC2)C1=O. The average Bonchev–Trinajstić information content (AvgIpc) is 2.32. The van der Waals surface area contributed by atoms with Crippen LogP contribution in [-0.2, 0) is 4.79 Å². The van der Waals surface area contributed by atoms with Crippen molar-refractivity contribution >= 4 is 5.91 Å². The highest BCUT2D eigenvalue weighted by atomic mass is 16.2. The Bertz CT molecular complexity index is 223. The first-order valence-electron chi connectivity index (χ1n) is 5.72. The molecule has 2 fully saturated rings. The molecule has 80 valence electrons. The molecule has 1 atom stereocenters. The summed E-state index contributed by atoms with van der Waals surface area (Å²) >= 11 is 0. The number of carbonyl (C=O) groups is 1. The van der Waals surface area contributed by atoms with Gasteiger partial charge in [0.25, 0.3) is 0 Å². The van der Waals surface area contributed by atoms with E-state index in [-0.39, 0.29) is 6.04 Å². The number of amides is 1. The quantitative estimate of drug-likeness (QED) is 0.739. The Hall–Kier alpha value is -0.570. The van der Waals surface area contributed by atoms with Crippen molar-refractivity contribution in [2.24, 2.45) is 5.92 Å². The van der Waals surface area contributed by atoms with Gasteiger partial charge in [0.1, 0.15) is 0 Å². The van der Waals surface area contributed by atoms with Gasteiger partial charge in [-0.25, -0.2) is 0 Å². The van der Waals surface area contributed by atoms with Gasteiger partial charge in [-0.3, -0.25) is 10.1 Å². The summed E-state index contributed by atoms with van der Waals surface area (Å²) in [5.74, 6) is 0.932.